The second-order valence-electron chi connectivity index (χ2n) is 3.94. The van der Waals surface area contributed by atoms with E-state index in [0.717, 1.165) is 10.8 Å². The highest BCUT2D eigenvalue weighted by Crippen LogP contribution is 2.28. The molecule has 0 heterocycles. The van der Waals surface area contributed by atoms with Crippen LogP contribution in [0.2, 0.25) is 0 Å². The molecule has 0 aliphatic heterocycles. The summed E-state index contributed by atoms with van der Waals surface area (Å²) in [7, 11) is 0. The Morgan fingerprint density at radius 2 is 1.76 bits per heavy atom. The lowest BCUT2D eigenvalue weighted by Crippen LogP contribution is -2.27. The maximum Gasteiger partial charge on any atom is 0.257 e. The molecule has 0 aromatic heterocycles. The van der Waals surface area contributed by atoms with Gasteiger partial charge >= 0.3 is 0 Å². The molecule has 2 aromatic rings. The van der Waals surface area contributed by atoms with Gasteiger partial charge in [-0.05, 0) is 22.9 Å². The third kappa shape index (κ3) is 2.44. The molecule has 2 rings (SSSR count). The Kier molecular flexibility index (Phi) is 3.69. The summed E-state index contributed by atoms with van der Waals surface area (Å²) >= 11 is 0. The van der Waals surface area contributed by atoms with Crippen molar-refractivity contribution >= 4 is 10.8 Å². The molecule has 17 heavy (non-hydrogen) atoms. The first-order valence-electron chi connectivity index (χ1n) is 5.73. The lowest BCUT2D eigenvalue weighted by molar-refractivity contribution is 0.0999. The summed E-state index contributed by atoms with van der Waals surface area (Å²) in [6.07, 6.45) is -2.40. The van der Waals surface area contributed by atoms with Crippen LogP contribution in [0.1, 0.15) is 18.5 Å². The van der Waals surface area contributed by atoms with E-state index in [1.54, 1.807) is 6.07 Å². The zero-order chi connectivity index (χ0) is 12.3. The normalized spacial score (nSPS) is 13.2. The third-order valence-corrected chi connectivity index (χ3v) is 2.83. The van der Waals surface area contributed by atoms with Crippen molar-refractivity contribution in [2.24, 2.45) is 0 Å². The standard InChI is InChI=1S/C14H15F2N/c1-2-17-13(14(15)16)12-9-5-7-10-6-3-4-8-11(10)12/h3-9,13-14,17H,2H2,1H3. The number of hydrogen-bond acceptors (Lipinski definition) is 1. The molecule has 1 N–H and O–H groups in total. The number of alkyl halides is 2. The van der Waals surface area contributed by atoms with Gasteiger partial charge in [-0.1, -0.05) is 49.4 Å². The fourth-order valence-corrected chi connectivity index (χ4v) is 2.08. The molecule has 0 aliphatic carbocycles. The average Bonchev–Trinajstić information content (AvgIpc) is 2.35. The molecule has 1 unspecified atom stereocenters. The average molecular weight is 235 g/mol. The van der Waals surface area contributed by atoms with Crippen LogP contribution < -0.4 is 5.32 Å². The van der Waals surface area contributed by atoms with Crippen LogP contribution in [0.5, 0.6) is 0 Å². The van der Waals surface area contributed by atoms with Gasteiger partial charge < -0.3 is 5.32 Å². The topological polar surface area (TPSA) is 12.0 Å². The summed E-state index contributed by atoms with van der Waals surface area (Å²) in [5.41, 5.74) is 0.667. The summed E-state index contributed by atoms with van der Waals surface area (Å²) in [5.74, 6) is 0. The van der Waals surface area contributed by atoms with Gasteiger partial charge in [0.2, 0.25) is 0 Å². The molecular formula is C14H15F2N. The number of benzene rings is 2. The Bertz CT molecular complexity index is 491. The summed E-state index contributed by atoms with van der Waals surface area (Å²) < 4.78 is 26.1. The maximum absolute atomic E-state index is 13.0. The van der Waals surface area contributed by atoms with Crippen molar-refractivity contribution in [2.75, 3.05) is 6.54 Å². The fourth-order valence-electron chi connectivity index (χ4n) is 2.08. The number of halogens is 2. The lowest BCUT2D eigenvalue weighted by Gasteiger charge is -2.19. The first-order chi connectivity index (χ1) is 8.24. The van der Waals surface area contributed by atoms with Crippen LogP contribution in [0.15, 0.2) is 42.5 Å². The largest absolute Gasteiger partial charge is 0.305 e. The van der Waals surface area contributed by atoms with Gasteiger partial charge in [-0.25, -0.2) is 8.78 Å². The molecule has 1 atom stereocenters. The van der Waals surface area contributed by atoms with E-state index in [-0.39, 0.29) is 0 Å². The van der Waals surface area contributed by atoms with E-state index in [4.69, 9.17) is 0 Å². The molecule has 90 valence electrons. The van der Waals surface area contributed by atoms with Crippen LogP contribution >= 0.6 is 0 Å². The molecule has 0 aliphatic rings. The van der Waals surface area contributed by atoms with Gasteiger partial charge in [0.25, 0.3) is 6.43 Å². The SMILES string of the molecule is CCNC(c1cccc2ccccc12)C(F)F. The molecule has 2 aromatic carbocycles. The Hall–Kier alpha value is -1.48. The number of hydrogen-bond donors (Lipinski definition) is 1. The van der Waals surface area contributed by atoms with Gasteiger partial charge in [-0.3, -0.25) is 0 Å². The molecular weight excluding hydrogens is 220 g/mol. The monoisotopic (exact) mass is 235 g/mol. The maximum atomic E-state index is 13.0. The number of nitrogens with one attached hydrogen (secondary N) is 1. The highest BCUT2D eigenvalue weighted by Gasteiger charge is 2.22. The predicted octanol–water partition coefficient (Wildman–Crippen LogP) is 3.76. The van der Waals surface area contributed by atoms with Crippen molar-refractivity contribution in [2.45, 2.75) is 19.4 Å². The van der Waals surface area contributed by atoms with E-state index in [0.29, 0.717) is 12.1 Å². The highest BCUT2D eigenvalue weighted by atomic mass is 19.3. The molecule has 0 bridgehead atoms. The van der Waals surface area contributed by atoms with Crippen LogP contribution in [-0.4, -0.2) is 13.0 Å². The zero-order valence-corrected chi connectivity index (χ0v) is 9.66. The Morgan fingerprint density at radius 1 is 1.06 bits per heavy atom. The number of rotatable bonds is 4. The van der Waals surface area contributed by atoms with Crippen molar-refractivity contribution in [3.8, 4) is 0 Å². The number of fused-ring (bicyclic) bond motifs is 1. The van der Waals surface area contributed by atoms with Crippen molar-refractivity contribution < 1.29 is 8.78 Å². The van der Waals surface area contributed by atoms with Crippen molar-refractivity contribution in [1.82, 2.24) is 5.32 Å². The van der Waals surface area contributed by atoms with Gasteiger partial charge in [0.05, 0.1) is 6.04 Å². The third-order valence-electron chi connectivity index (χ3n) is 2.83. The van der Waals surface area contributed by atoms with Gasteiger partial charge in [0, 0.05) is 0 Å². The summed E-state index contributed by atoms with van der Waals surface area (Å²) in [6.45, 7) is 2.36. The summed E-state index contributed by atoms with van der Waals surface area (Å²) in [5, 5.41) is 4.72. The first kappa shape index (κ1) is 12.0. The predicted molar refractivity (Wildman–Crippen MR) is 66.4 cm³/mol. The van der Waals surface area contributed by atoms with E-state index in [1.165, 1.54) is 0 Å². The summed E-state index contributed by atoms with van der Waals surface area (Å²) in [6, 6.07) is 12.2. The van der Waals surface area contributed by atoms with Gasteiger partial charge in [-0.2, -0.15) is 0 Å². The smallest absolute Gasteiger partial charge is 0.257 e. The zero-order valence-electron chi connectivity index (χ0n) is 9.66. The van der Waals surface area contributed by atoms with E-state index in [9.17, 15) is 8.78 Å². The second-order valence-corrected chi connectivity index (χ2v) is 3.94. The van der Waals surface area contributed by atoms with Crippen molar-refractivity contribution in [1.29, 1.82) is 0 Å². The molecule has 0 fully saturated rings. The fraction of sp³-hybridized carbons (Fsp3) is 0.286. The molecule has 0 radical (unpaired) electrons. The van der Waals surface area contributed by atoms with Crippen molar-refractivity contribution in [3.63, 3.8) is 0 Å². The second kappa shape index (κ2) is 5.23. The minimum atomic E-state index is -2.40. The molecule has 3 heteroatoms. The van der Waals surface area contributed by atoms with E-state index in [1.807, 2.05) is 43.3 Å². The minimum absolute atomic E-state index is 0.526. The Morgan fingerprint density at radius 3 is 2.47 bits per heavy atom. The van der Waals surface area contributed by atoms with Crippen molar-refractivity contribution in [3.05, 3.63) is 48.0 Å². The summed E-state index contributed by atoms with van der Waals surface area (Å²) in [4.78, 5) is 0. The molecule has 0 spiro atoms. The van der Waals surface area contributed by atoms with Crippen LogP contribution in [0, 0.1) is 0 Å². The molecule has 0 amide bonds. The van der Waals surface area contributed by atoms with Gasteiger partial charge in [0.15, 0.2) is 0 Å². The van der Waals surface area contributed by atoms with E-state index in [2.05, 4.69) is 5.32 Å². The van der Waals surface area contributed by atoms with Gasteiger partial charge in [-0.15, -0.1) is 0 Å². The van der Waals surface area contributed by atoms with E-state index < -0.39 is 12.5 Å². The minimum Gasteiger partial charge on any atom is -0.305 e. The Balaban J connectivity index is 2.52. The van der Waals surface area contributed by atoms with Crippen LogP contribution in [0.3, 0.4) is 0 Å². The molecule has 0 saturated carbocycles. The highest BCUT2D eigenvalue weighted by molar-refractivity contribution is 5.86. The first-order valence-corrected chi connectivity index (χ1v) is 5.73. The van der Waals surface area contributed by atoms with Crippen LogP contribution in [-0.2, 0) is 0 Å². The van der Waals surface area contributed by atoms with Crippen LogP contribution in [0.4, 0.5) is 8.78 Å². The van der Waals surface area contributed by atoms with Crippen LogP contribution in [0.25, 0.3) is 10.8 Å². The van der Waals surface area contributed by atoms with E-state index >= 15 is 0 Å². The Labute approximate surface area is 99.5 Å². The molecule has 0 saturated heterocycles. The van der Waals surface area contributed by atoms with Gasteiger partial charge in [0.1, 0.15) is 0 Å². The quantitative estimate of drug-likeness (QED) is 0.850. The molecule has 1 nitrogen and oxygen atoms in total. The lowest BCUT2D eigenvalue weighted by atomic mass is 9.99.